The highest BCUT2D eigenvalue weighted by Gasteiger charge is 2.24. The Kier molecular flexibility index (Phi) is 5.53. The van der Waals surface area contributed by atoms with Crippen molar-refractivity contribution in [3.63, 3.8) is 0 Å². The molecule has 1 fully saturated rings. The van der Waals surface area contributed by atoms with Gasteiger partial charge in [0.05, 0.1) is 6.54 Å². The van der Waals surface area contributed by atoms with Gasteiger partial charge in [-0.25, -0.2) is 9.18 Å². The van der Waals surface area contributed by atoms with Crippen LogP contribution < -0.4 is 0 Å². The minimum Gasteiger partial charge on any atom is -0.475 e. The molecule has 0 unspecified atom stereocenters. The van der Waals surface area contributed by atoms with Crippen LogP contribution in [0.15, 0.2) is 71.3 Å². The Labute approximate surface area is 185 Å². The van der Waals surface area contributed by atoms with E-state index >= 15 is 0 Å². The lowest BCUT2D eigenvalue weighted by Crippen LogP contribution is -2.32. The molecule has 5 nitrogen and oxygen atoms in total. The van der Waals surface area contributed by atoms with Crippen molar-refractivity contribution in [2.75, 3.05) is 13.1 Å². The molecular formula is C26H25FN2O3. The van der Waals surface area contributed by atoms with Gasteiger partial charge in [-0.15, -0.1) is 0 Å². The first-order valence-corrected chi connectivity index (χ1v) is 10.9. The summed E-state index contributed by atoms with van der Waals surface area (Å²) in [5, 5.41) is 10.3. The molecule has 0 atom stereocenters. The maximum absolute atomic E-state index is 13.3. The number of aromatic carboxylic acids is 1. The SMILES string of the molecule is O=C(O)c1ccc(CN2CCC(c3cn(Cc4ccc(F)cc4)c4ccccc34)CC2)o1. The molecule has 1 aliphatic rings. The van der Waals surface area contributed by atoms with Gasteiger partial charge in [-0.1, -0.05) is 30.3 Å². The fraction of sp³-hybridized carbons (Fsp3) is 0.269. The van der Waals surface area contributed by atoms with Crippen LogP contribution in [0.4, 0.5) is 4.39 Å². The highest BCUT2D eigenvalue weighted by Crippen LogP contribution is 2.35. The van der Waals surface area contributed by atoms with E-state index in [0.29, 0.717) is 24.8 Å². The normalized spacial score (nSPS) is 15.4. The van der Waals surface area contributed by atoms with Crippen LogP contribution in [-0.2, 0) is 13.1 Å². The lowest BCUT2D eigenvalue weighted by molar-refractivity contribution is 0.0657. The number of furan rings is 1. The molecule has 6 heteroatoms. The molecule has 1 saturated heterocycles. The third-order valence-electron chi connectivity index (χ3n) is 6.36. The summed E-state index contributed by atoms with van der Waals surface area (Å²) >= 11 is 0. The predicted octanol–water partition coefficient (Wildman–Crippen LogP) is 5.50. The summed E-state index contributed by atoms with van der Waals surface area (Å²) in [6.45, 7) is 3.22. The molecule has 1 N–H and O–H groups in total. The molecule has 4 aromatic rings. The Hall–Kier alpha value is -3.38. The molecule has 3 heterocycles. The number of aromatic nitrogens is 1. The molecular weight excluding hydrogens is 407 g/mol. The van der Waals surface area contributed by atoms with Crippen LogP contribution in [0.3, 0.4) is 0 Å². The van der Waals surface area contributed by atoms with E-state index in [0.717, 1.165) is 31.5 Å². The van der Waals surface area contributed by atoms with Gasteiger partial charge in [0.25, 0.3) is 0 Å². The van der Waals surface area contributed by atoms with E-state index < -0.39 is 5.97 Å². The van der Waals surface area contributed by atoms with Crippen molar-refractivity contribution in [2.45, 2.75) is 31.8 Å². The smallest absolute Gasteiger partial charge is 0.371 e. The van der Waals surface area contributed by atoms with E-state index in [1.165, 1.54) is 34.7 Å². The molecule has 2 aromatic heterocycles. The summed E-state index contributed by atoms with van der Waals surface area (Å²) < 4.78 is 21.0. The second-order valence-electron chi connectivity index (χ2n) is 8.48. The van der Waals surface area contributed by atoms with Crippen molar-refractivity contribution in [1.82, 2.24) is 9.47 Å². The van der Waals surface area contributed by atoms with Gasteiger partial charge in [-0.2, -0.15) is 0 Å². The zero-order chi connectivity index (χ0) is 22.1. The van der Waals surface area contributed by atoms with Gasteiger partial charge in [0.15, 0.2) is 0 Å². The number of benzene rings is 2. The number of carboxylic acid groups (broad SMARTS) is 1. The Morgan fingerprint density at radius 2 is 1.75 bits per heavy atom. The van der Waals surface area contributed by atoms with Crippen molar-refractivity contribution in [2.24, 2.45) is 0 Å². The summed E-state index contributed by atoms with van der Waals surface area (Å²) in [5.41, 5.74) is 3.65. The number of fused-ring (bicyclic) bond motifs is 1. The van der Waals surface area contributed by atoms with E-state index in [2.05, 4.69) is 39.9 Å². The highest BCUT2D eigenvalue weighted by atomic mass is 19.1. The fourth-order valence-electron chi connectivity index (χ4n) is 4.72. The largest absolute Gasteiger partial charge is 0.475 e. The minimum atomic E-state index is -1.04. The standard InChI is InChI=1S/C26H25FN2O3/c27-20-7-5-18(6-8-20)15-29-17-23(22-3-1-2-4-24(22)29)19-11-13-28(14-12-19)16-21-9-10-25(32-21)26(30)31/h1-10,17,19H,11-16H2,(H,30,31). The summed E-state index contributed by atoms with van der Waals surface area (Å²) in [6.07, 6.45) is 4.34. The van der Waals surface area contributed by atoms with E-state index in [4.69, 9.17) is 9.52 Å². The van der Waals surface area contributed by atoms with Crippen LogP contribution in [0.5, 0.6) is 0 Å². The van der Waals surface area contributed by atoms with E-state index in [1.807, 2.05) is 12.1 Å². The van der Waals surface area contributed by atoms with Crippen molar-refractivity contribution in [1.29, 1.82) is 0 Å². The lowest BCUT2D eigenvalue weighted by Gasteiger charge is -2.31. The topological polar surface area (TPSA) is 58.6 Å². The Morgan fingerprint density at radius 1 is 1.00 bits per heavy atom. The van der Waals surface area contributed by atoms with Crippen LogP contribution in [0.25, 0.3) is 10.9 Å². The van der Waals surface area contributed by atoms with Crippen molar-refractivity contribution in [3.05, 3.63) is 95.3 Å². The van der Waals surface area contributed by atoms with Crippen LogP contribution in [0, 0.1) is 5.82 Å². The molecule has 0 aliphatic carbocycles. The monoisotopic (exact) mass is 432 g/mol. The Balaban J connectivity index is 1.31. The number of likely N-dealkylation sites (tertiary alicyclic amines) is 1. The first-order valence-electron chi connectivity index (χ1n) is 10.9. The quantitative estimate of drug-likeness (QED) is 0.437. The lowest BCUT2D eigenvalue weighted by atomic mass is 9.89. The maximum Gasteiger partial charge on any atom is 0.371 e. The van der Waals surface area contributed by atoms with E-state index in [1.54, 1.807) is 6.07 Å². The predicted molar refractivity (Wildman–Crippen MR) is 120 cm³/mol. The van der Waals surface area contributed by atoms with Crippen LogP contribution >= 0.6 is 0 Å². The molecule has 2 aromatic carbocycles. The van der Waals surface area contributed by atoms with Gasteiger partial charge in [-0.05, 0) is 73.3 Å². The number of hydrogen-bond donors (Lipinski definition) is 1. The molecule has 1 aliphatic heterocycles. The van der Waals surface area contributed by atoms with Gasteiger partial charge in [0.2, 0.25) is 5.76 Å². The number of para-hydroxylation sites is 1. The van der Waals surface area contributed by atoms with E-state index in [9.17, 15) is 9.18 Å². The van der Waals surface area contributed by atoms with Crippen LogP contribution in [0.2, 0.25) is 0 Å². The highest BCUT2D eigenvalue weighted by molar-refractivity contribution is 5.85. The summed E-state index contributed by atoms with van der Waals surface area (Å²) in [6, 6.07) is 18.4. The van der Waals surface area contributed by atoms with Crippen molar-refractivity contribution in [3.8, 4) is 0 Å². The van der Waals surface area contributed by atoms with Gasteiger partial charge >= 0.3 is 5.97 Å². The molecule has 0 amide bonds. The maximum atomic E-state index is 13.3. The molecule has 32 heavy (non-hydrogen) atoms. The van der Waals surface area contributed by atoms with Crippen molar-refractivity contribution < 1.29 is 18.7 Å². The Morgan fingerprint density at radius 3 is 2.47 bits per heavy atom. The fourth-order valence-corrected chi connectivity index (χ4v) is 4.72. The average molecular weight is 432 g/mol. The molecule has 0 bridgehead atoms. The van der Waals surface area contributed by atoms with Crippen LogP contribution in [0.1, 0.15) is 46.2 Å². The van der Waals surface area contributed by atoms with Gasteiger partial charge in [-0.3, -0.25) is 4.90 Å². The first kappa shape index (κ1) is 20.5. The van der Waals surface area contributed by atoms with Crippen LogP contribution in [-0.4, -0.2) is 33.6 Å². The van der Waals surface area contributed by atoms with E-state index in [-0.39, 0.29) is 11.6 Å². The average Bonchev–Trinajstić information content (AvgIpc) is 3.41. The Bertz CT molecular complexity index is 1230. The molecule has 0 radical (unpaired) electrons. The van der Waals surface area contributed by atoms with Gasteiger partial charge in [0.1, 0.15) is 11.6 Å². The number of halogens is 1. The third-order valence-corrected chi connectivity index (χ3v) is 6.36. The van der Waals surface area contributed by atoms with Crippen molar-refractivity contribution >= 4 is 16.9 Å². The number of piperidine rings is 1. The summed E-state index contributed by atoms with van der Waals surface area (Å²) in [7, 11) is 0. The zero-order valence-corrected chi connectivity index (χ0v) is 17.7. The number of carbonyl (C=O) groups is 1. The number of carboxylic acids is 1. The minimum absolute atomic E-state index is 0.0103. The molecule has 0 saturated carbocycles. The third kappa shape index (κ3) is 4.18. The second kappa shape index (κ2) is 8.63. The number of rotatable bonds is 6. The summed E-state index contributed by atoms with van der Waals surface area (Å²) in [4.78, 5) is 13.3. The first-order chi connectivity index (χ1) is 15.6. The molecule has 5 rings (SSSR count). The zero-order valence-electron chi connectivity index (χ0n) is 17.7. The summed E-state index contributed by atoms with van der Waals surface area (Å²) in [5.74, 6) is -0.100. The molecule has 164 valence electrons. The van der Waals surface area contributed by atoms with Gasteiger partial charge < -0.3 is 14.1 Å². The number of hydrogen-bond acceptors (Lipinski definition) is 3. The second-order valence-corrected chi connectivity index (χ2v) is 8.48. The molecule has 0 spiro atoms. The van der Waals surface area contributed by atoms with Gasteiger partial charge in [0, 0.05) is 23.6 Å². The number of nitrogens with zero attached hydrogens (tertiary/aromatic N) is 2.